The van der Waals surface area contributed by atoms with E-state index in [1.165, 1.54) is 11.1 Å². The molecule has 0 aliphatic carbocycles. The van der Waals surface area contributed by atoms with Crippen molar-refractivity contribution in [3.63, 3.8) is 0 Å². The Hall–Kier alpha value is -2.04. The van der Waals surface area contributed by atoms with Crippen molar-refractivity contribution in [2.45, 2.75) is 44.4 Å². The fourth-order valence-electron chi connectivity index (χ4n) is 3.86. The van der Waals surface area contributed by atoms with Crippen molar-refractivity contribution < 1.29 is 14.3 Å². The molecule has 2 aromatic rings. The average molecular weight is 416 g/mol. The normalized spacial score (nSPS) is 15.7. The highest BCUT2D eigenvalue weighted by Gasteiger charge is 2.34. The number of hydrogen-bond acceptors (Lipinski definition) is 3. The van der Waals surface area contributed by atoms with Gasteiger partial charge < -0.3 is 14.8 Å². The Balaban J connectivity index is 1.54. The lowest BCUT2D eigenvalue weighted by molar-refractivity contribution is -0.121. The third-order valence-corrected chi connectivity index (χ3v) is 5.89. The van der Waals surface area contributed by atoms with Crippen LogP contribution in [-0.2, 0) is 21.4 Å². The Morgan fingerprint density at radius 2 is 1.79 bits per heavy atom. The van der Waals surface area contributed by atoms with E-state index < -0.39 is 0 Å². The lowest BCUT2D eigenvalue weighted by Gasteiger charge is -2.38. The number of ether oxygens (including phenoxy) is 2. The number of hydrogen-bond donors (Lipinski definition) is 1. The van der Waals surface area contributed by atoms with E-state index in [-0.39, 0.29) is 11.3 Å². The van der Waals surface area contributed by atoms with E-state index in [1.807, 2.05) is 43.3 Å². The molecule has 3 rings (SSSR count). The molecule has 0 unspecified atom stereocenters. The second-order valence-corrected chi connectivity index (χ2v) is 8.04. The lowest BCUT2D eigenvalue weighted by atomic mass is 9.74. The van der Waals surface area contributed by atoms with Gasteiger partial charge in [0.1, 0.15) is 5.75 Å². The van der Waals surface area contributed by atoms with Crippen LogP contribution in [0.5, 0.6) is 5.75 Å². The molecule has 0 atom stereocenters. The number of benzene rings is 2. The maximum atomic E-state index is 12.5. The summed E-state index contributed by atoms with van der Waals surface area (Å²) < 4.78 is 11.2. The van der Waals surface area contributed by atoms with Gasteiger partial charge in [0, 0.05) is 36.6 Å². The van der Waals surface area contributed by atoms with Gasteiger partial charge in [-0.2, -0.15) is 0 Å². The maximum Gasteiger partial charge on any atom is 0.220 e. The number of aryl methyl sites for hydroxylation is 1. The molecule has 1 N–H and O–H groups in total. The molecule has 1 aliphatic heterocycles. The molecule has 0 spiro atoms. The van der Waals surface area contributed by atoms with Gasteiger partial charge in [0.2, 0.25) is 5.91 Å². The summed E-state index contributed by atoms with van der Waals surface area (Å²) in [5.74, 6) is 0.987. The molecule has 1 amide bonds. The van der Waals surface area contributed by atoms with Crippen molar-refractivity contribution in [2.24, 2.45) is 0 Å². The molecule has 1 aliphatic rings. The first-order valence-electron chi connectivity index (χ1n) is 10.4. The van der Waals surface area contributed by atoms with Gasteiger partial charge in [0.05, 0.1) is 6.61 Å². The smallest absolute Gasteiger partial charge is 0.220 e. The summed E-state index contributed by atoms with van der Waals surface area (Å²) in [6.07, 6.45) is 4.05. The molecule has 1 fully saturated rings. The summed E-state index contributed by atoms with van der Waals surface area (Å²) in [4.78, 5) is 12.5. The van der Waals surface area contributed by atoms with Crippen LogP contribution in [-0.4, -0.2) is 32.3 Å². The zero-order valence-electron chi connectivity index (χ0n) is 17.1. The Kier molecular flexibility index (Phi) is 7.96. The second-order valence-electron chi connectivity index (χ2n) is 7.61. The number of carbonyl (C=O) groups excluding carboxylic acids is 1. The number of rotatable bonds is 9. The van der Waals surface area contributed by atoms with Crippen LogP contribution in [0.2, 0.25) is 5.02 Å². The van der Waals surface area contributed by atoms with Gasteiger partial charge in [-0.25, -0.2) is 0 Å². The predicted octanol–water partition coefficient (Wildman–Crippen LogP) is 4.93. The van der Waals surface area contributed by atoms with E-state index in [9.17, 15) is 4.79 Å². The molecule has 5 heteroatoms. The lowest BCUT2D eigenvalue weighted by Crippen LogP contribution is -2.44. The molecule has 1 heterocycles. The molecule has 29 heavy (non-hydrogen) atoms. The van der Waals surface area contributed by atoms with Gasteiger partial charge in [0.25, 0.3) is 0 Å². The van der Waals surface area contributed by atoms with Crippen LogP contribution < -0.4 is 10.1 Å². The Labute approximate surface area is 178 Å². The van der Waals surface area contributed by atoms with E-state index in [2.05, 4.69) is 17.4 Å². The van der Waals surface area contributed by atoms with Crippen molar-refractivity contribution in [1.29, 1.82) is 0 Å². The van der Waals surface area contributed by atoms with E-state index in [1.54, 1.807) is 0 Å². The summed E-state index contributed by atoms with van der Waals surface area (Å²) in [5.41, 5.74) is 2.37. The monoisotopic (exact) mass is 415 g/mol. The molecule has 1 saturated heterocycles. The van der Waals surface area contributed by atoms with Crippen LogP contribution in [0.25, 0.3) is 0 Å². The zero-order chi connectivity index (χ0) is 20.5. The van der Waals surface area contributed by atoms with Crippen LogP contribution in [0.3, 0.4) is 0 Å². The molecule has 156 valence electrons. The number of nitrogens with one attached hydrogen (secondary N) is 1. The van der Waals surface area contributed by atoms with Crippen LogP contribution in [0.1, 0.15) is 43.7 Å². The second kappa shape index (κ2) is 10.7. The number of halogens is 1. The van der Waals surface area contributed by atoms with E-state index in [0.717, 1.165) is 49.7 Å². The van der Waals surface area contributed by atoms with Crippen molar-refractivity contribution in [3.8, 4) is 5.75 Å². The summed E-state index contributed by atoms with van der Waals surface area (Å²) in [5, 5.41) is 3.92. The highest BCUT2D eigenvalue weighted by molar-refractivity contribution is 6.30. The quantitative estimate of drug-likeness (QED) is 0.631. The fourth-order valence-corrected chi connectivity index (χ4v) is 3.99. The topological polar surface area (TPSA) is 47.6 Å². The number of carbonyl (C=O) groups is 1. The molecular formula is C24H30ClNO3. The number of amides is 1. The minimum Gasteiger partial charge on any atom is -0.494 e. The molecule has 0 radical (unpaired) electrons. The highest BCUT2D eigenvalue weighted by atomic mass is 35.5. The Morgan fingerprint density at radius 1 is 1.10 bits per heavy atom. The van der Waals surface area contributed by atoms with Gasteiger partial charge in [-0.05, 0) is 68.0 Å². The maximum absolute atomic E-state index is 12.5. The minimum atomic E-state index is -0.0746. The molecule has 2 aromatic carbocycles. The third kappa shape index (κ3) is 6.22. The molecule has 4 nitrogen and oxygen atoms in total. The SMILES string of the molecule is CCOc1ccc(C2(CNC(=O)CCCc3ccc(Cl)cc3)CCOCC2)cc1. The van der Waals surface area contributed by atoms with Crippen LogP contribution >= 0.6 is 11.6 Å². The van der Waals surface area contributed by atoms with Gasteiger partial charge in [-0.15, -0.1) is 0 Å². The van der Waals surface area contributed by atoms with Crippen LogP contribution in [0.4, 0.5) is 0 Å². The van der Waals surface area contributed by atoms with Crippen LogP contribution in [0, 0.1) is 0 Å². The van der Waals surface area contributed by atoms with Gasteiger partial charge >= 0.3 is 0 Å². The van der Waals surface area contributed by atoms with Gasteiger partial charge in [-0.3, -0.25) is 4.79 Å². The first-order valence-corrected chi connectivity index (χ1v) is 10.8. The van der Waals surface area contributed by atoms with E-state index in [0.29, 0.717) is 19.6 Å². The van der Waals surface area contributed by atoms with Crippen molar-refractivity contribution in [2.75, 3.05) is 26.4 Å². The minimum absolute atomic E-state index is 0.0746. The summed E-state index contributed by atoms with van der Waals surface area (Å²) in [7, 11) is 0. The van der Waals surface area contributed by atoms with E-state index in [4.69, 9.17) is 21.1 Å². The fraction of sp³-hybridized carbons (Fsp3) is 0.458. The third-order valence-electron chi connectivity index (χ3n) is 5.63. The standard InChI is InChI=1S/C24H30ClNO3/c1-2-29-22-12-8-20(9-13-22)24(14-16-28-17-15-24)18-26-23(27)5-3-4-19-6-10-21(25)11-7-19/h6-13H,2-5,14-18H2,1H3,(H,26,27). The van der Waals surface area contributed by atoms with E-state index >= 15 is 0 Å². The molecule has 0 bridgehead atoms. The van der Waals surface area contributed by atoms with Crippen LogP contribution in [0.15, 0.2) is 48.5 Å². The average Bonchev–Trinajstić information content (AvgIpc) is 2.75. The molecule has 0 saturated carbocycles. The highest BCUT2D eigenvalue weighted by Crippen LogP contribution is 2.35. The molecule has 0 aromatic heterocycles. The predicted molar refractivity (Wildman–Crippen MR) is 117 cm³/mol. The summed E-state index contributed by atoms with van der Waals surface area (Å²) >= 11 is 5.92. The first-order chi connectivity index (χ1) is 14.1. The Bertz CT molecular complexity index is 768. The summed E-state index contributed by atoms with van der Waals surface area (Å²) in [6.45, 7) is 4.73. The van der Waals surface area contributed by atoms with Crippen molar-refractivity contribution in [3.05, 3.63) is 64.7 Å². The van der Waals surface area contributed by atoms with Gasteiger partial charge in [-0.1, -0.05) is 35.9 Å². The largest absolute Gasteiger partial charge is 0.494 e. The van der Waals surface area contributed by atoms with Gasteiger partial charge in [0.15, 0.2) is 0 Å². The van der Waals surface area contributed by atoms with Crippen molar-refractivity contribution >= 4 is 17.5 Å². The van der Waals surface area contributed by atoms with Crippen molar-refractivity contribution in [1.82, 2.24) is 5.32 Å². The first kappa shape index (κ1) is 21.7. The summed E-state index contributed by atoms with van der Waals surface area (Å²) in [6, 6.07) is 16.1. The zero-order valence-corrected chi connectivity index (χ0v) is 17.8. The molecular weight excluding hydrogens is 386 g/mol. The Morgan fingerprint density at radius 3 is 2.45 bits per heavy atom.